The highest BCUT2D eigenvalue weighted by Crippen LogP contribution is 2.37. The molecular formula is C21H19NO5S. The number of carbonyl (C=O) groups is 3. The monoisotopic (exact) mass is 397 g/mol. The second kappa shape index (κ2) is 7.90. The molecule has 2 aromatic carbocycles. The zero-order valence-corrected chi connectivity index (χ0v) is 16.4. The summed E-state index contributed by atoms with van der Waals surface area (Å²) < 4.78 is 5.35. The van der Waals surface area contributed by atoms with Gasteiger partial charge in [-0.1, -0.05) is 24.3 Å². The zero-order valence-electron chi connectivity index (χ0n) is 15.6. The van der Waals surface area contributed by atoms with Crippen LogP contribution in [0.4, 0.5) is 10.5 Å². The number of anilines is 1. The molecule has 1 aliphatic rings. The van der Waals surface area contributed by atoms with E-state index < -0.39 is 12.1 Å². The fourth-order valence-electron chi connectivity index (χ4n) is 2.72. The van der Waals surface area contributed by atoms with Gasteiger partial charge in [0.05, 0.1) is 10.6 Å². The van der Waals surface area contributed by atoms with Gasteiger partial charge in [-0.3, -0.25) is 9.59 Å². The van der Waals surface area contributed by atoms with E-state index in [1.807, 2.05) is 32.0 Å². The number of aliphatic carboxylic acids is 1. The van der Waals surface area contributed by atoms with Crippen molar-refractivity contribution < 1.29 is 24.2 Å². The number of amides is 2. The average Bonchev–Trinajstić information content (AvgIpc) is 2.91. The van der Waals surface area contributed by atoms with Crippen LogP contribution in [0.2, 0.25) is 0 Å². The molecule has 2 aromatic rings. The van der Waals surface area contributed by atoms with Crippen LogP contribution in [0.5, 0.6) is 5.75 Å². The van der Waals surface area contributed by atoms with Crippen LogP contribution in [-0.4, -0.2) is 28.3 Å². The fourth-order valence-corrected chi connectivity index (χ4v) is 3.55. The zero-order chi connectivity index (χ0) is 20.4. The van der Waals surface area contributed by atoms with E-state index >= 15 is 0 Å². The van der Waals surface area contributed by atoms with Gasteiger partial charge in [0.25, 0.3) is 11.1 Å². The largest absolute Gasteiger partial charge is 0.479 e. The molecule has 7 heteroatoms. The Morgan fingerprint density at radius 1 is 1.18 bits per heavy atom. The number of thioether (sulfide) groups is 1. The summed E-state index contributed by atoms with van der Waals surface area (Å²) in [5.74, 6) is -1.08. The molecule has 3 rings (SSSR count). The number of rotatable bonds is 5. The van der Waals surface area contributed by atoms with Crippen molar-refractivity contribution in [3.63, 3.8) is 0 Å². The number of imide groups is 1. The predicted molar refractivity (Wildman–Crippen MR) is 109 cm³/mol. The van der Waals surface area contributed by atoms with Crippen LogP contribution >= 0.6 is 11.8 Å². The van der Waals surface area contributed by atoms with Crippen LogP contribution in [0, 0.1) is 13.8 Å². The van der Waals surface area contributed by atoms with Gasteiger partial charge in [-0.25, -0.2) is 9.69 Å². The third-order valence-corrected chi connectivity index (χ3v) is 5.09. The van der Waals surface area contributed by atoms with Crippen LogP contribution in [-0.2, 0) is 9.59 Å². The molecule has 1 heterocycles. The minimum atomic E-state index is -1.07. The molecular weight excluding hydrogens is 378 g/mol. The lowest BCUT2D eigenvalue weighted by atomic mass is 10.1. The Hall–Kier alpha value is -3.06. The first kappa shape index (κ1) is 19.7. The van der Waals surface area contributed by atoms with E-state index in [0.29, 0.717) is 21.9 Å². The number of nitrogens with zero attached hydrogens (tertiary/aromatic N) is 1. The molecule has 1 unspecified atom stereocenters. The molecule has 1 aliphatic heterocycles. The Labute approximate surface area is 166 Å². The summed E-state index contributed by atoms with van der Waals surface area (Å²) in [5, 5.41) is 8.61. The van der Waals surface area contributed by atoms with Crippen molar-refractivity contribution in [2.75, 3.05) is 4.90 Å². The first-order valence-electron chi connectivity index (χ1n) is 8.61. The Kier molecular flexibility index (Phi) is 5.56. The van der Waals surface area contributed by atoms with Gasteiger partial charge in [-0.2, -0.15) is 0 Å². The summed E-state index contributed by atoms with van der Waals surface area (Å²) >= 11 is 0.874. The normalized spacial score (nSPS) is 16.5. The van der Waals surface area contributed by atoms with E-state index in [1.54, 1.807) is 30.3 Å². The molecule has 6 nitrogen and oxygen atoms in total. The number of carboxylic acids is 1. The molecule has 1 atom stereocenters. The second-order valence-electron chi connectivity index (χ2n) is 6.48. The van der Waals surface area contributed by atoms with E-state index in [1.165, 1.54) is 11.8 Å². The summed E-state index contributed by atoms with van der Waals surface area (Å²) in [6.07, 6.45) is 0.612. The van der Waals surface area contributed by atoms with E-state index in [2.05, 4.69) is 0 Å². The van der Waals surface area contributed by atoms with Crippen molar-refractivity contribution in [3.05, 3.63) is 64.1 Å². The topological polar surface area (TPSA) is 83.9 Å². The lowest BCUT2D eigenvalue weighted by molar-refractivity contribution is -0.144. The lowest BCUT2D eigenvalue weighted by Crippen LogP contribution is -2.28. The van der Waals surface area contributed by atoms with Gasteiger partial charge in [0, 0.05) is 0 Å². The number of carboxylic acid groups (broad SMARTS) is 1. The minimum Gasteiger partial charge on any atom is -0.479 e. The SMILES string of the molecule is Cc1ccc(C)c(N2C(=O)S/C(=C/c3cccc(OC(C)C(=O)O)c3)C2=O)c1. The van der Waals surface area contributed by atoms with Gasteiger partial charge in [-0.15, -0.1) is 0 Å². The molecule has 0 saturated carbocycles. The molecule has 0 spiro atoms. The van der Waals surface area contributed by atoms with E-state index in [-0.39, 0.29) is 11.1 Å². The fraction of sp³-hybridized carbons (Fsp3) is 0.190. The molecule has 1 N–H and O–H groups in total. The van der Waals surface area contributed by atoms with Crippen LogP contribution in [0.15, 0.2) is 47.4 Å². The smallest absolute Gasteiger partial charge is 0.344 e. The Bertz CT molecular complexity index is 998. The predicted octanol–water partition coefficient (Wildman–Crippen LogP) is 4.40. The molecule has 1 saturated heterocycles. The summed E-state index contributed by atoms with van der Waals surface area (Å²) in [5.41, 5.74) is 3.02. The highest BCUT2D eigenvalue weighted by molar-refractivity contribution is 8.19. The summed E-state index contributed by atoms with van der Waals surface area (Å²) in [4.78, 5) is 37.7. The molecule has 144 valence electrons. The maximum atomic E-state index is 12.8. The molecule has 0 bridgehead atoms. The van der Waals surface area contributed by atoms with Crippen molar-refractivity contribution >= 4 is 40.6 Å². The lowest BCUT2D eigenvalue weighted by Gasteiger charge is -2.16. The maximum absolute atomic E-state index is 12.8. The molecule has 1 fully saturated rings. The van der Waals surface area contributed by atoms with Crippen molar-refractivity contribution in [1.29, 1.82) is 0 Å². The number of ether oxygens (including phenoxy) is 1. The van der Waals surface area contributed by atoms with Gasteiger partial charge < -0.3 is 9.84 Å². The van der Waals surface area contributed by atoms with Crippen LogP contribution < -0.4 is 9.64 Å². The highest BCUT2D eigenvalue weighted by atomic mass is 32.2. The van der Waals surface area contributed by atoms with E-state index in [9.17, 15) is 14.4 Å². The van der Waals surface area contributed by atoms with Crippen molar-refractivity contribution in [1.82, 2.24) is 0 Å². The number of hydrogen-bond donors (Lipinski definition) is 1. The third-order valence-electron chi connectivity index (χ3n) is 4.22. The molecule has 28 heavy (non-hydrogen) atoms. The van der Waals surface area contributed by atoms with E-state index in [4.69, 9.17) is 9.84 Å². The van der Waals surface area contributed by atoms with Gasteiger partial charge in [-0.05, 0) is 73.5 Å². The maximum Gasteiger partial charge on any atom is 0.344 e. The Morgan fingerprint density at radius 3 is 2.64 bits per heavy atom. The summed E-state index contributed by atoms with van der Waals surface area (Å²) in [7, 11) is 0. The number of benzene rings is 2. The first-order valence-corrected chi connectivity index (χ1v) is 9.42. The average molecular weight is 397 g/mol. The van der Waals surface area contributed by atoms with Crippen LogP contribution in [0.3, 0.4) is 0 Å². The van der Waals surface area contributed by atoms with Crippen molar-refractivity contribution in [2.24, 2.45) is 0 Å². The van der Waals surface area contributed by atoms with Crippen LogP contribution in [0.25, 0.3) is 6.08 Å². The second-order valence-corrected chi connectivity index (χ2v) is 7.47. The standard InChI is InChI=1S/C21H19NO5S/c1-12-7-8-13(2)17(9-12)22-19(23)18(28-21(22)26)11-15-5-4-6-16(10-15)27-14(3)20(24)25/h4-11,14H,1-3H3,(H,24,25)/b18-11+. The number of aryl methyl sites for hydroxylation is 2. The summed E-state index contributed by atoms with van der Waals surface area (Å²) in [6.45, 7) is 5.19. The molecule has 0 radical (unpaired) electrons. The van der Waals surface area contributed by atoms with Gasteiger partial charge in [0.15, 0.2) is 6.10 Å². The Balaban J connectivity index is 1.88. The summed E-state index contributed by atoms with van der Waals surface area (Å²) in [6, 6.07) is 12.3. The molecule has 0 aliphatic carbocycles. The quantitative estimate of drug-likeness (QED) is 0.753. The van der Waals surface area contributed by atoms with Gasteiger partial charge in [0.1, 0.15) is 5.75 Å². The van der Waals surface area contributed by atoms with Gasteiger partial charge in [0.2, 0.25) is 0 Å². The molecule has 0 aromatic heterocycles. The van der Waals surface area contributed by atoms with Crippen molar-refractivity contribution in [2.45, 2.75) is 26.9 Å². The first-order chi connectivity index (χ1) is 13.3. The third kappa shape index (κ3) is 4.09. The van der Waals surface area contributed by atoms with Gasteiger partial charge >= 0.3 is 5.97 Å². The Morgan fingerprint density at radius 2 is 1.93 bits per heavy atom. The highest BCUT2D eigenvalue weighted by Gasteiger charge is 2.37. The molecule has 2 amide bonds. The van der Waals surface area contributed by atoms with Crippen molar-refractivity contribution in [3.8, 4) is 5.75 Å². The number of carbonyl (C=O) groups excluding carboxylic acids is 2. The van der Waals surface area contributed by atoms with Crippen LogP contribution in [0.1, 0.15) is 23.6 Å². The number of hydrogen-bond acceptors (Lipinski definition) is 5. The minimum absolute atomic E-state index is 0.300. The van der Waals surface area contributed by atoms with E-state index in [0.717, 1.165) is 22.9 Å².